The molecule has 0 saturated carbocycles. The molecule has 124 valence electrons. The van der Waals surface area contributed by atoms with Gasteiger partial charge in [-0.3, -0.25) is 4.68 Å². The van der Waals surface area contributed by atoms with E-state index in [1.165, 1.54) is 0 Å². The minimum atomic E-state index is 0.171. The van der Waals surface area contributed by atoms with Crippen molar-refractivity contribution in [2.75, 3.05) is 11.4 Å². The molecule has 3 heterocycles. The van der Waals surface area contributed by atoms with Gasteiger partial charge in [0.05, 0.1) is 29.2 Å². The number of halogens is 2. The van der Waals surface area contributed by atoms with Gasteiger partial charge in [0.15, 0.2) is 0 Å². The highest BCUT2D eigenvalue weighted by molar-refractivity contribution is 6.30. The predicted octanol–water partition coefficient (Wildman–Crippen LogP) is 4.29. The number of aromatic nitrogens is 4. The zero-order valence-corrected chi connectivity index (χ0v) is 15.1. The molecule has 0 N–H and O–H groups in total. The van der Waals surface area contributed by atoms with E-state index in [9.17, 15) is 0 Å². The van der Waals surface area contributed by atoms with Crippen molar-refractivity contribution in [3.8, 4) is 0 Å². The molecule has 0 aromatic carbocycles. The van der Waals surface area contributed by atoms with E-state index in [2.05, 4.69) is 33.8 Å². The Bertz CT molecular complexity index is 681. The number of hydrogen-bond donors (Lipinski definition) is 0. The van der Waals surface area contributed by atoms with Gasteiger partial charge in [0.2, 0.25) is 5.95 Å². The second-order valence-electron chi connectivity index (χ2n) is 6.42. The van der Waals surface area contributed by atoms with Crippen molar-refractivity contribution >= 4 is 29.2 Å². The van der Waals surface area contributed by atoms with Crippen LogP contribution < -0.4 is 4.90 Å². The summed E-state index contributed by atoms with van der Waals surface area (Å²) in [7, 11) is 0. The molecule has 2 aromatic heterocycles. The van der Waals surface area contributed by atoms with Gasteiger partial charge in [-0.15, -0.1) is 0 Å². The molecule has 1 aliphatic heterocycles. The second-order valence-corrected chi connectivity index (χ2v) is 7.21. The fraction of sp³-hybridized carbons (Fsp3) is 0.562. The molecule has 7 heteroatoms. The largest absolute Gasteiger partial charge is 0.334 e. The Morgan fingerprint density at radius 2 is 1.96 bits per heavy atom. The molecule has 1 aliphatic rings. The van der Waals surface area contributed by atoms with Crippen LogP contribution in [-0.2, 0) is 6.54 Å². The molecule has 1 atom stereocenters. The Morgan fingerprint density at radius 1 is 1.26 bits per heavy atom. The summed E-state index contributed by atoms with van der Waals surface area (Å²) in [4.78, 5) is 10.9. The molecule has 0 spiro atoms. The quantitative estimate of drug-likeness (QED) is 0.822. The lowest BCUT2D eigenvalue weighted by Gasteiger charge is -2.24. The van der Waals surface area contributed by atoms with Gasteiger partial charge in [0, 0.05) is 18.7 Å². The summed E-state index contributed by atoms with van der Waals surface area (Å²) in [6.45, 7) is 8.09. The predicted molar refractivity (Wildman–Crippen MR) is 93.2 cm³/mol. The second kappa shape index (κ2) is 6.65. The van der Waals surface area contributed by atoms with E-state index < -0.39 is 0 Å². The fourth-order valence-electron chi connectivity index (χ4n) is 3.17. The summed E-state index contributed by atoms with van der Waals surface area (Å²) in [5.41, 5.74) is 2.09. The Hall–Kier alpha value is -1.33. The van der Waals surface area contributed by atoms with Crippen LogP contribution in [0.2, 0.25) is 10.2 Å². The third-order valence-electron chi connectivity index (χ3n) is 4.10. The first kappa shape index (κ1) is 16.5. The first-order chi connectivity index (χ1) is 11.0. The van der Waals surface area contributed by atoms with Crippen molar-refractivity contribution in [2.45, 2.75) is 46.2 Å². The van der Waals surface area contributed by atoms with E-state index in [1.54, 1.807) is 12.4 Å². The van der Waals surface area contributed by atoms with Gasteiger partial charge in [-0.25, -0.2) is 9.97 Å². The van der Waals surface area contributed by atoms with Gasteiger partial charge in [-0.2, -0.15) is 5.10 Å². The van der Waals surface area contributed by atoms with Crippen LogP contribution in [0.4, 0.5) is 5.95 Å². The maximum Gasteiger partial charge on any atom is 0.225 e. The van der Waals surface area contributed by atoms with E-state index in [0.717, 1.165) is 42.3 Å². The Morgan fingerprint density at radius 3 is 2.61 bits per heavy atom. The van der Waals surface area contributed by atoms with Crippen molar-refractivity contribution < 1.29 is 0 Å². The van der Waals surface area contributed by atoms with Crippen molar-refractivity contribution in [3.63, 3.8) is 0 Å². The molecule has 0 aliphatic carbocycles. The highest BCUT2D eigenvalue weighted by Crippen LogP contribution is 2.39. The fourth-order valence-corrected chi connectivity index (χ4v) is 3.64. The van der Waals surface area contributed by atoms with E-state index in [-0.39, 0.29) is 6.04 Å². The number of anilines is 1. The van der Waals surface area contributed by atoms with Gasteiger partial charge in [0.25, 0.3) is 0 Å². The molecule has 5 nitrogen and oxygen atoms in total. The number of rotatable bonds is 4. The van der Waals surface area contributed by atoms with E-state index in [4.69, 9.17) is 23.2 Å². The first-order valence-electron chi connectivity index (χ1n) is 7.94. The molecule has 23 heavy (non-hydrogen) atoms. The maximum absolute atomic E-state index is 6.64. The average Bonchev–Trinajstić information content (AvgIpc) is 3.05. The van der Waals surface area contributed by atoms with Crippen LogP contribution >= 0.6 is 23.2 Å². The Labute approximate surface area is 146 Å². The van der Waals surface area contributed by atoms with E-state index in [1.807, 2.05) is 11.6 Å². The minimum Gasteiger partial charge on any atom is -0.334 e. The maximum atomic E-state index is 6.64. The van der Waals surface area contributed by atoms with Crippen LogP contribution in [-0.4, -0.2) is 26.3 Å². The minimum absolute atomic E-state index is 0.171. The van der Waals surface area contributed by atoms with Crippen molar-refractivity contribution in [1.29, 1.82) is 0 Å². The Kier molecular flexibility index (Phi) is 4.78. The molecule has 1 fully saturated rings. The van der Waals surface area contributed by atoms with Crippen LogP contribution in [0, 0.1) is 12.8 Å². The van der Waals surface area contributed by atoms with Crippen molar-refractivity contribution in [1.82, 2.24) is 19.7 Å². The summed E-state index contributed by atoms with van der Waals surface area (Å²) in [5.74, 6) is 1.20. The van der Waals surface area contributed by atoms with Gasteiger partial charge in [-0.1, -0.05) is 37.0 Å². The van der Waals surface area contributed by atoms with Gasteiger partial charge in [-0.05, 0) is 25.7 Å². The Balaban J connectivity index is 1.94. The zero-order valence-electron chi connectivity index (χ0n) is 13.6. The molecule has 3 rings (SSSR count). The highest BCUT2D eigenvalue weighted by Gasteiger charge is 2.33. The lowest BCUT2D eigenvalue weighted by Crippen LogP contribution is -2.25. The van der Waals surface area contributed by atoms with Crippen LogP contribution in [0.5, 0.6) is 0 Å². The van der Waals surface area contributed by atoms with Crippen LogP contribution in [0.1, 0.15) is 44.0 Å². The SMILES string of the molecule is Cc1nn(CC(C)C)c(Cl)c1C1CCCN1c1ncc(Cl)cn1. The number of nitrogens with zero attached hydrogens (tertiary/aromatic N) is 5. The monoisotopic (exact) mass is 353 g/mol. The van der Waals surface area contributed by atoms with Crippen LogP contribution in [0.25, 0.3) is 0 Å². The van der Waals surface area contributed by atoms with Gasteiger partial charge < -0.3 is 4.90 Å². The number of hydrogen-bond acceptors (Lipinski definition) is 4. The third-order valence-corrected chi connectivity index (χ3v) is 4.69. The van der Waals surface area contributed by atoms with Gasteiger partial charge >= 0.3 is 0 Å². The molecule has 2 aromatic rings. The summed E-state index contributed by atoms with van der Waals surface area (Å²) in [6, 6.07) is 0.171. The molecule has 0 bridgehead atoms. The van der Waals surface area contributed by atoms with E-state index in [0.29, 0.717) is 16.9 Å². The molecule has 0 amide bonds. The molecule has 0 radical (unpaired) electrons. The zero-order chi connectivity index (χ0) is 16.6. The highest BCUT2D eigenvalue weighted by atomic mass is 35.5. The van der Waals surface area contributed by atoms with E-state index >= 15 is 0 Å². The summed E-state index contributed by atoms with van der Waals surface area (Å²) >= 11 is 12.5. The summed E-state index contributed by atoms with van der Waals surface area (Å²) < 4.78 is 1.91. The molecule has 1 unspecified atom stereocenters. The van der Waals surface area contributed by atoms with Crippen LogP contribution in [0.3, 0.4) is 0 Å². The standard InChI is InChI=1S/C16H21Cl2N5/c1-10(2)9-23-15(18)14(11(3)21-23)13-5-4-6-22(13)16-19-7-12(17)8-20-16/h7-8,10,13H,4-6,9H2,1-3H3. The normalized spacial score (nSPS) is 18.2. The lowest BCUT2D eigenvalue weighted by molar-refractivity contribution is 0.481. The topological polar surface area (TPSA) is 46.8 Å². The molecular formula is C16H21Cl2N5. The average molecular weight is 354 g/mol. The molecular weight excluding hydrogens is 333 g/mol. The molecule has 1 saturated heterocycles. The third kappa shape index (κ3) is 3.31. The first-order valence-corrected chi connectivity index (χ1v) is 8.70. The van der Waals surface area contributed by atoms with Crippen LogP contribution in [0.15, 0.2) is 12.4 Å². The number of aryl methyl sites for hydroxylation is 1. The lowest BCUT2D eigenvalue weighted by atomic mass is 10.1. The van der Waals surface area contributed by atoms with Gasteiger partial charge in [0.1, 0.15) is 5.15 Å². The van der Waals surface area contributed by atoms with Crippen molar-refractivity contribution in [3.05, 3.63) is 33.8 Å². The summed E-state index contributed by atoms with van der Waals surface area (Å²) in [5, 5.41) is 5.92. The smallest absolute Gasteiger partial charge is 0.225 e. The van der Waals surface area contributed by atoms with Crippen molar-refractivity contribution in [2.24, 2.45) is 5.92 Å². The summed E-state index contributed by atoms with van der Waals surface area (Å²) in [6.07, 6.45) is 5.38.